The highest BCUT2D eigenvalue weighted by molar-refractivity contribution is 5.91. The van der Waals surface area contributed by atoms with Gasteiger partial charge < -0.3 is 24.1 Å². The van der Waals surface area contributed by atoms with E-state index in [0.717, 1.165) is 16.7 Å². The second kappa shape index (κ2) is 12.2. The predicted octanol–water partition coefficient (Wildman–Crippen LogP) is 4.39. The number of aliphatic hydroxyl groups excluding tert-OH is 1. The van der Waals surface area contributed by atoms with Gasteiger partial charge in [-0.15, -0.1) is 0 Å². The maximum Gasteiger partial charge on any atom is 0.280 e. The number of rotatable bonds is 11. The Morgan fingerprint density at radius 2 is 1.62 bits per heavy atom. The predicted molar refractivity (Wildman–Crippen MR) is 177 cm³/mol. The van der Waals surface area contributed by atoms with Gasteiger partial charge in [-0.25, -0.2) is 4.98 Å². The minimum Gasteiger partial charge on any atom is -0.497 e. The van der Waals surface area contributed by atoms with E-state index in [4.69, 9.17) is 18.9 Å². The zero-order valence-electron chi connectivity index (χ0n) is 27.0. The zero-order chi connectivity index (χ0) is 33.6. The number of anilines is 1. The number of ether oxygens (including phenoxy) is 4. The number of nitrogens with zero attached hydrogens (tertiary/aromatic N) is 3. The number of imidazole rings is 1. The molecule has 3 N–H and O–H groups in total. The molecule has 4 atom stereocenters. The van der Waals surface area contributed by atoms with Crippen LogP contribution in [0.25, 0.3) is 11.2 Å². The molecule has 0 radical (unpaired) electrons. The third-order valence-electron chi connectivity index (χ3n) is 9.34. The number of hydrogen-bond acceptors (Lipinski definition) is 9. The smallest absolute Gasteiger partial charge is 0.280 e. The van der Waals surface area contributed by atoms with Crippen molar-refractivity contribution in [3.8, 4) is 11.5 Å². The van der Waals surface area contributed by atoms with Gasteiger partial charge in [-0.3, -0.25) is 24.5 Å². The number of methoxy groups -OCH3 is 2. The van der Waals surface area contributed by atoms with Gasteiger partial charge in [-0.2, -0.15) is 4.98 Å². The summed E-state index contributed by atoms with van der Waals surface area (Å²) in [4.78, 5) is 37.1. The lowest BCUT2D eigenvalue weighted by Crippen LogP contribution is -2.40. The largest absolute Gasteiger partial charge is 0.497 e. The van der Waals surface area contributed by atoms with Crippen molar-refractivity contribution in [2.45, 2.75) is 43.8 Å². The van der Waals surface area contributed by atoms with Crippen LogP contribution in [0, 0.1) is 11.8 Å². The van der Waals surface area contributed by atoms with E-state index in [0.29, 0.717) is 17.9 Å². The lowest BCUT2D eigenvalue weighted by Gasteiger charge is -2.40. The summed E-state index contributed by atoms with van der Waals surface area (Å²) in [5, 5.41) is 13.2. The van der Waals surface area contributed by atoms with E-state index in [2.05, 4.69) is 20.3 Å². The SMILES string of the molecule is COc1ccc(C(O[C@H]2[C@H](n3cnc4c(=O)[nH]c(NC(=O)C(C)C)nc43)O[C@@]3(CO)C[C@@H]23)(c2ccccc2)c2ccc(OC)cc2)cc1. The van der Waals surface area contributed by atoms with Crippen molar-refractivity contribution in [3.63, 3.8) is 0 Å². The molecule has 5 aromatic rings. The number of aromatic amines is 1. The molecule has 1 saturated carbocycles. The Bertz CT molecular complexity index is 1940. The normalized spacial score (nSPS) is 21.7. The van der Waals surface area contributed by atoms with Crippen LogP contribution < -0.4 is 20.3 Å². The van der Waals surface area contributed by atoms with E-state index in [1.807, 2.05) is 78.9 Å². The molecule has 1 saturated heterocycles. The number of H-pyrrole nitrogens is 1. The fraction of sp³-hybridized carbons (Fsp3) is 0.333. The molecule has 0 unspecified atom stereocenters. The lowest BCUT2D eigenvalue weighted by molar-refractivity contribution is -0.137. The maximum absolute atomic E-state index is 13.1. The third kappa shape index (κ3) is 5.22. The fourth-order valence-corrected chi connectivity index (χ4v) is 6.61. The molecule has 48 heavy (non-hydrogen) atoms. The van der Waals surface area contributed by atoms with Crippen molar-refractivity contribution < 1.29 is 28.8 Å². The number of nitrogens with one attached hydrogen (secondary N) is 2. The molecular formula is C36H37N5O7. The van der Waals surface area contributed by atoms with E-state index >= 15 is 0 Å². The molecule has 0 spiro atoms. The van der Waals surface area contributed by atoms with Crippen molar-refractivity contribution in [2.24, 2.45) is 11.8 Å². The molecule has 1 aliphatic heterocycles. The van der Waals surface area contributed by atoms with Crippen LogP contribution in [0.2, 0.25) is 0 Å². The van der Waals surface area contributed by atoms with Crippen molar-refractivity contribution in [2.75, 3.05) is 26.1 Å². The Morgan fingerprint density at radius 1 is 1.02 bits per heavy atom. The van der Waals surface area contributed by atoms with E-state index in [1.54, 1.807) is 32.6 Å². The first-order chi connectivity index (χ1) is 23.2. The molecule has 3 aromatic carbocycles. The average Bonchev–Trinajstić information content (AvgIpc) is 3.52. The summed E-state index contributed by atoms with van der Waals surface area (Å²) in [6.45, 7) is 3.28. The van der Waals surface area contributed by atoms with Gasteiger partial charge in [-0.05, 0) is 47.4 Å². The number of amides is 1. The molecule has 2 aliphatic rings. The van der Waals surface area contributed by atoms with Gasteiger partial charge >= 0.3 is 0 Å². The molecule has 248 valence electrons. The van der Waals surface area contributed by atoms with Gasteiger partial charge in [0.05, 0.1) is 32.8 Å². The van der Waals surface area contributed by atoms with Crippen molar-refractivity contribution in [1.82, 2.24) is 19.5 Å². The van der Waals surface area contributed by atoms with Gasteiger partial charge in [0, 0.05) is 11.8 Å². The fourth-order valence-electron chi connectivity index (χ4n) is 6.61. The molecular weight excluding hydrogens is 614 g/mol. The van der Waals surface area contributed by atoms with E-state index in [-0.39, 0.29) is 41.5 Å². The molecule has 1 amide bonds. The Kier molecular flexibility index (Phi) is 8.02. The Labute approximate surface area is 276 Å². The summed E-state index contributed by atoms with van der Waals surface area (Å²) in [7, 11) is 3.24. The van der Waals surface area contributed by atoms with Crippen LogP contribution in [0.5, 0.6) is 11.5 Å². The first-order valence-electron chi connectivity index (χ1n) is 15.8. The summed E-state index contributed by atoms with van der Waals surface area (Å²) in [6.07, 6.45) is 0.594. The molecule has 3 heterocycles. The summed E-state index contributed by atoms with van der Waals surface area (Å²) in [5.41, 5.74) is 0.314. The van der Waals surface area contributed by atoms with E-state index in [1.165, 1.54) is 6.33 Å². The molecule has 2 fully saturated rings. The first kappa shape index (κ1) is 31.6. The van der Waals surface area contributed by atoms with Crippen molar-refractivity contribution in [3.05, 3.63) is 112 Å². The van der Waals surface area contributed by atoms with Crippen LogP contribution in [-0.2, 0) is 19.9 Å². The second-order valence-electron chi connectivity index (χ2n) is 12.5. The average molecular weight is 652 g/mol. The van der Waals surface area contributed by atoms with Gasteiger partial charge in [0.15, 0.2) is 17.4 Å². The molecule has 1 aliphatic carbocycles. The second-order valence-corrected chi connectivity index (χ2v) is 12.5. The number of hydrogen-bond donors (Lipinski definition) is 3. The zero-order valence-corrected chi connectivity index (χ0v) is 27.0. The number of carbonyl (C=O) groups is 1. The van der Waals surface area contributed by atoms with Gasteiger partial charge in [-0.1, -0.05) is 68.4 Å². The van der Waals surface area contributed by atoms with Crippen molar-refractivity contribution >= 4 is 23.0 Å². The highest BCUT2D eigenvalue weighted by Crippen LogP contribution is 2.62. The maximum atomic E-state index is 13.1. The van der Waals surface area contributed by atoms with Crippen LogP contribution in [0.1, 0.15) is 43.2 Å². The number of carbonyl (C=O) groups excluding carboxylic acids is 1. The summed E-state index contributed by atoms with van der Waals surface area (Å²) >= 11 is 0. The summed E-state index contributed by atoms with van der Waals surface area (Å²) in [5.74, 6) is 0.577. The molecule has 12 nitrogen and oxygen atoms in total. The van der Waals surface area contributed by atoms with Gasteiger partial charge in [0.1, 0.15) is 23.2 Å². The minimum absolute atomic E-state index is 0.000504. The lowest BCUT2D eigenvalue weighted by atomic mass is 9.79. The highest BCUT2D eigenvalue weighted by Gasteiger charge is 2.69. The third-order valence-corrected chi connectivity index (χ3v) is 9.34. The van der Waals surface area contributed by atoms with Crippen LogP contribution in [0.4, 0.5) is 5.95 Å². The number of benzene rings is 3. The van der Waals surface area contributed by atoms with Crippen LogP contribution in [0.15, 0.2) is 90.0 Å². The molecule has 2 aromatic heterocycles. The van der Waals surface area contributed by atoms with Crippen LogP contribution in [-0.4, -0.2) is 63.1 Å². The van der Waals surface area contributed by atoms with E-state index < -0.39 is 29.1 Å². The minimum atomic E-state index is -1.17. The number of aromatic nitrogens is 4. The monoisotopic (exact) mass is 651 g/mol. The topological polar surface area (TPSA) is 150 Å². The molecule has 7 rings (SSSR count). The number of fused-ring (bicyclic) bond motifs is 2. The summed E-state index contributed by atoms with van der Waals surface area (Å²) in [6, 6.07) is 25.4. The number of aliphatic hydroxyl groups is 1. The quantitative estimate of drug-likeness (QED) is 0.177. The molecule has 0 bridgehead atoms. The highest BCUT2D eigenvalue weighted by atomic mass is 16.6. The van der Waals surface area contributed by atoms with Crippen molar-refractivity contribution in [1.29, 1.82) is 0 Å². The molecule has 12 heteroatoms. The first-order valence-corrected chi connectivity index (χ1v) is 15.8. The summed E-state index contributed by atoms with van der Waals surface area (Å²) < 4.78 is 26.8. The Hall–Kier alpha value is -5.04. The standard InChI is InChI=1S/C36H37N5O7/c1-21(2)31(43)39-34-38-30-28(32(44)40-34)37-20-41(30)33-29(27-18-35(27,19-42)48-33)47-36(22-8-6-5-7-9-22,23-10-14-25(45-3)15-11-23)24-12-16-26(46-4)17-13-24/h5-17,20-21,27,29,33,42H,18-19H2,1-4H3,(H2,38,39,40,43,44)/t27-,29+,33+,35+/m0/s1. The Morgan fingerprint density at radius 3 is 2.19 bits per heavy atom. The van der Waals surface area contributed by atoms with Crippen LogP contribution >= 0.6 is 0 Å². The van der Waals surface area contributed by atoms with Crippen LogP contribution in [0.3, 0.4) is 0 Å². The van der Waals surface area contributed by atoms with Gasteiger partial charge in [0.25, 0.3) is 5.56 Å². The van der Waals surface area contributed by atoms with E-state index in [9.17, 15) is 14.7 Å². The van der Waals surface area contributed by atoms with Gasteiger partial charge in [0.2, 0.25) is 11.9 Å². The Balaban J connectivity index is 1.40.